The zero-order valence-corrected chi connectivity index (χ0v) is 49.5. The van der Waals surface area contributed by atoms with Gasteiger partial charge in [-0.25, -0.2) is 33.6 Å². The molecule has 0 bridgehead atoms. The van der Waals surface area contributed by atoms with Gasteiger partial charge < -0.3 is 165 Å². The zero-order valence-electron chi connectivity index (χ0n) is 49.5. The van der Waals surface area contributed by atoms with E-state index >= 15 is 0 Å². The zero-order chi connectivity index (χ0) is 73.5. The van der Waals surface area contributed by atoms with Crippen molar-refractivity contribution in [3.8, 4) is 160 Å². The molecule has 7 aromatic rings. The molecule has 10 atom stereocenters. The minimum absolute atomic E-state index is 0.248. The van der Waals surface area contributed by atoms with E-state index < -0.39 is 315 Å². The monoisotopic (exact) mass is 1420 g/mol. The molecule has 5 aliphatic rings. The number of fused-ring (bicyclic) bond motifs is 13. The summed E-state index contributed by atoms with van der Waals surface area (Å²) >= 11 is 0. The summed E-state index contributed by atoms with van der Waals surface area (Å²) in [6.45, 7) is -2.65. The number of cyclic esters (lactones) is 2. The molecule has 40 nitrogen and oxygen atoms in total. The van der Waals surface area contributed by atoms with Crippen molar-refractivity contribution >= 4 is 41.8 Å². The molecule has 0 aromatic heterocycles. The molecule has 7 aromatic carbocycles. The maximum absolute atomic E-state index is 14.8. The molecule has 40 heteroatoms. The van der Waals surface area contributed by atoms with Crippen LogP contribution in [0.25, 0.3) is 33.4 Å². The van der Waals surface area contributed by atoms with Crippen LogP contribution in [0.3, 0.4) is 0 Å². The lowest BCUT2D eigenvalue weighted by Crippen LogP contribution is -2.62. The predicted molar refractivity (Wildman–Crippen MR) is 310 cm³/mol. The Bertz CT molecular complexity index is 4840. The molecule has 12 rings (SSSR count). The Hall–Kier alpha value is -13.6. The van der Waals surface area contributed by atoms with Crippen LogP contribution < -0.4 is 4.74 Å². The Morgan fingerprint density at radius 2 is 0.653 bits per heavy atom. The first-order valence-electron chi connectivity index (χ1n) is 28.2. The summed E-state index contributed by atoms with van der Waals surface area (Å²) in [5, 5.41) is 252. The van der Waals surface area contributed by atoms with E-state index in [0.717, 1.165) is 0 Å². The summed E-state index contributed by atoms with van der Waals surface area (Å²) in [6.07, 6.45) is -24.6. The second-order valence-corrected chi connectivity index (χ2v) is 22.3. The Morgan fingerprint density at radius 3 is 1.06 bits per heavy atom. The van der Waals surface area contributed by atoms with Gasteiger partial charge in [0.15, 0.2) is 111 Å². The fourth-order valence-electron chi connectivity index (χ4n) is 11.5. The van der Waals surface area contributed by atoms with Crippen LogP contribution in [-0.4, -0.2) is 234 Å². The van der Waals surface area contributed by atoms with Gasteiger partial charge in [0.25, 0.3) is 0 Å². The van der Waals surface area contributed by atoms with Crippen LogP contribution in [0.15, 0.2) is 42.5 Å². The van der Waals surface area contributed by atoms with Gasteiger partial charge in [-0.15, -0.1) is 0 Å². The molecular weight excluding hydrogens is 1370 g/mol. The smallest absolute Gasteiger partial charge is 0.344 e. The third kappa shape index (κ3) is 10.7. The SMILES string of the molecule is O=C(O[C@@H]1O[C@@H]2COC(=O)c3cc(O)c(O)c(O)c3-c3c(cc(O)c(O)c3O)C(=O)O[C@H]2[C@H](O)[C@H]1O)c1cc(O)c(O)c(O)c1Oc1cc2c(c(O)c1O)-c1c(cc(O)c(O)c1O)C(=O)O[C@H]1[C@@H]3OC(=O)c4cc(O)c(O)c(O)c4-c4c(cc(O)c(O)c4O)C(=O)O[C@H]3[C@H](O)O[C@@H]1COC2=O. The normalized spacial score (nSPS) is 22.5. The maximum atomic E-state index is 14.8. The number of aliphatic hydroxyl groups excluding tert-OH is 3. The Kier molecular flexibility index (Phi) is 16.2. The predicted octanol–water partition coefficient (Wildman–Crippen LogP) is 0.769. The summed E-state index contributed by atoms with van der Waals surface area (Å²) < 4.78 is 54.8. The van der Waals surface area contributed by atoms with Crippen LogP contribution in [0.5, 0.6) is 126 Å². The second-order valence-electron chi connectivity index (χ2n) is 22.3. The van der Waals surface area contributed by atoms with E-state index in [-0.39, 0.29) is 6.07 Å². The summed E-state index contributed by atoms with van der Waals surface area (Å²) in [6, 6.07) is 2.49. The van der Waals surface area contributed by atoms with Crippen LogP contribution in [-0.2, 0) is 42.6 Å². The Labute approximate surface area is 554 Å². The summed E-state index contributed by atoms with van der Waals surface area (Å²) in [5.74, 6) is -44.9. The third-order valence-electron chi connectivity index (χ3n) is 16.4. The van der Waals surface area contributed by atoms with E-state index in [2.05, 4.69) is 0 Å². The summed E-state index contributed by atoms with van der Waals surface area (Å²) in [4.78, 5) is 100. The standard InChI is InChI=1S/C61H44O40/c62-17-1-10-26(39(75)32(17)68)27-11(2-18(63)33(69)40(27)76)55(86)97-49-24(8-92-53(10)84)96-61(47(83)46(49)82)101-59(90)16-6-22(67)37(73)45(81)48(16)94-23-7-15-31(44(80)38(23)74)30-12(3-19(64)36(72)43(30)79)56(87)98-50-25(9-93-54(15)85)95-60(91)52-51(50)99-57(88)13-4-20(65)34(70)41(77)28(13)29-14(58(89)100-52)5-21(66)35(71)42(29)78/h1-7,24-25,46-47,49-52,60-83,91H,8-9H2/t24-,25-,46-,47-,49-,50-,51+,52-,60-,61+/m1/s1. The van der Waals surface area contributed by atoms with E-state index in [1.54, 1.807) is 0 Å². The Balaban J connectivity index is 0.896. The van der Waals surface area contributed by atoms with Crippen LogP contribution in [0, 0.1) is 0 Å². The number of aromatic hydroxyl groups is 20. The summed E-state index contributed by atoms with van der Waals surface area (Å²) in [7, 11) is 0. The molecule has 2 fully saturated rings. The summed E-state index contributed by atoms with van der Waals surface area (Å²) in [5.41, 5.74) is -15.1. The molecular formula is C61H44O40. The van der Waals surface area contributed by atoms with Gasteiger partial charge in [-0.05, 0) is 30.3 Å². The fourth-order valence-corrected chi connectivity index (χ4v) is 11.5. The first-order chi connectivity index (χ1) is 47.5. The number of aliphatic hydroxyl groups is 3. The van der Waals surface area contributed by atoms with Gasteiger partial charge in [0, 0.05) is 45.5 Å². The number of carbonyl (C=O) groups excluding carboxylic acids is 7. The quantitative estimate of drug-likeness (QED) is 0.0657. The lowest BCUT2D eigenvalue weighted by Gasteiger charge is -2.43. The van der Waals surface area contributed by atoms with E-state index in [1.807, 2.05) is 0 Å². The van der Waals surface area contributed by atoms with Gasteiger partial charge >= 0.3 is 41.8 Å². The minimum Gasteiger partial charge on any atom is -0.504 e. The lowest BCUT2D eigenvalue weighted by atomic mass is 9.91. The van der Waals surface area contributed by atoms with Crippen LogP contribution in [0.4, 0.5) is 0 Å². The molecule has 5 heterocycles. The second kappa shape index (κ2) is 24.2. The van der Waals surface area contributed by atoms with Crippen molar-refractivity contribution in [3.05, 3.63) is 81.4 Å². The highest BCUT2D eigenvalue weighted by molar-refractivity contribution is 6.12. The van der Waals surface area contributed by atoms with Gasteiger partial charge in [-0.3, -0.25) is 0 Å². The first-order valence-corrected chi connectivity index (χ1v) is 28.2. The molecule has 0 spiro atoms. The number of hydrogen-bond donors (Lipinski definition) is 23. The number of carbonyl (C=O) groups is 7. The van der Waals surface area contributed by atoms with Crippen molar-refractivity contribution in [1.82, 2.24) is 0 Å². The fraction of sp³-hybridized carbons (Fsp3) is 0.197. The molecule has 0 radical (unpaired) electrons. The molecule has 0 aliphatic carbocycles. The molecule has 528 valence electrons. The number of ether oxygens (including phenoxy) is 10. The Morgan fingerprint density at radius 1 is 0.337 bits per heavy atom. The number of benzene rings is 7. The van der Waals surface area contributed by atoms with Crippen molar-refractivity contribution < 1.29 is 198 Å². The molecule has 2 saturated heterocycles. The van der Waals surface area contributed by atoms with Gasteiger partial charge in [-0.2, -0.15) is 0 Å². The van der Waals surface area contributed by atoms with Crippen molar-refractivity contribution in [2.45, 2.75) is 61.4 Å². The van der Waals surface area contributed by atoms with E-state index in [4.69, 9.17) is 47.4 Å². The number of phenolic OH excluding ortho intramolecular Hbond substituents is 20. The van der Waals surface area contributed by atoms with Crippen molar-refractivity contribution in [1.29, 1.82) is 0 Å². The molecule has 101 heavy (non-hydrogen) atoms. The lowest BCUT2D eigenvalue weighted by molar-refractivity contribution is -0.284. The number of phenols is 20. The number of esters is 7. The van der Waals surface area contributed by atoms with E-state index in [9.17, 15) is 151 Å². The van der Waals surface area contributed by atoms with E-state index in [0.29, 0.717) is 36.4 Å². The average molecular weight is 1420 g/mol. The first kappa shape index (κ1) is 67.4. The van der Waals surface area contributed by atoms with E-state index in [1.165, 1.54) is 0 Å². The highest BCUT2D eigenvalue weighted by atomic mass is 16.7. The van der Waals surface area contributed by atoms with Gasteiger partial charge in [-0.1, -0.05) is 0 Å². The third-order valence-corrected chi connectivity index (χ3v) is 16.4. The highest BCUT2D eigenvalue weighted by Crippen LogP contribution is 2.59. The van der Waals surface area contributed by atoms with Crippen LogP contribution in [0.2, 0.25) is 0 Å². The molecule has 0 amide bonds. The minimum atomic E-state index is -2.64. The topological polar surface area (TPSA) is 677 Å². The maximum Gasteiger partial charge on any atom is 0.344 e. The number of rotatable bonds is 4. The number of hydrogen-bond acceptors (Lipinski definition) is 40. The molecule has 23 N–H and O–H groups in total. The van der Waals surface area contributed by atoms with Gasteiger partial charge in [0.2, 0.25) is 52.3 Å². The van der Waals surface area contributed by atoms with Crippen molar-refractivity contribution in [2.24, 2.45) is 0 Å². The van der Waals surface area contributed by atoms with Gasteiger partial charge in [0.05, 0.1) is 33.4 Å². The van der Waals surface area contributed by atoms with Crippen LogP contribution >= 0.6 is 0 Å². The van der Waals surface area contributed by atoms with Crippen LogP contribution in [0.1, 0.15) is 72.5 Å². The molecule has 5 aliphatic heterocycles. The molecule has 0 unspecified atom stereocenters. The van der Waals surface area contributed by atoms with Crippen molar-refractivity contribution in [3.63, 3.8) is 0 Å². The van der Waals surface area contributed by atoms with Gasteiger partial charge in [0.1, 0.15) is 43.2 Å². The molecule has 0 saturated carbocycles. The highest BCUT2D eigenvalue weighted by Gasteiger charge is 2.55. The van der Waals surface area contributed by atoms with Crippen molar-refractivity contribution in [2.75, 3.05) is 13.2 Å². The largest absolute Gasteiger partial charge is 0.504 e. The average Bonchev–Trinajstić information content (AvgIpc) is 1.59.